The third kappa shape index (κ3) is 4.13. The van der Waals surface area contributed by atoms with Crippen molar-refractivity contribution in [3.63, 3.8) is 0 Å². The lowest BCUT2D eigenvalue weighted by Gasteiger charge is -2.15. The highest BCUT2D eigenvalue weighted by atomic mass is 16.5. The van der Waals surface area contributed by atoms with E-state index in [0.717, 1.165) is 23.5 Å². The number of hydrogen-bond donors (Lipinski definition) is 1. The molecule has 142 valence electrons. The molecule has 2 aromatic carbocycles. The predicted molar refractivity (Wildman–Crippen MR) is 102 cm³/mol. The lowest BCUT2D eigenvalue weighted by molar-refractivity contribution is -0.151. The van der Waals surface area contributed by atoms with Gasteiger partial charge in [-0.3, -0.25) is 9.59 Å². The van der Waals surface area contributed by atoms with Crippen molar-refractivity contribution in [2.45, 2.75) is 33.1 Å². The van der Waals surface area contributed by atoms with Crippen LogP contribution in [-0.2, 0) is 27.2 Å². The van der Waals surface area contributed by atoms with Crippen molar-refractivity contribution in [2.75, 3.05) is 6.61 Å². The number of amides is 1. The SMILES string of the molecule is CCOC(=O)[C@@]1(Cc2ccc(Oc3ccc(CC)cc3)cc2)C[C@@H]1C(N)=O. The van der Waals surface area contributed by atoms with Crippen molar-refractivity contribution in [2.24, 2.45) is 17.1 Å². The molecular formula is C22H25NO4. The predicted octanol–water partition coefficient (Wildman–Crippen LogP) is 3.64. The van der Waals surface area contributed by atoms with E-state index in [9.17, 15) is 9.59 Å². The fourth-order valence-electron chi connectivity index (χ4n) is 3.42. The third-order valence-corrected chi connectivity index (χ3v) is 5.11. The molecule has 27 heavy (non-hydrogen) atoms. The van der Waals surface area contributed by atoms with E-state index >= 15 is 0 Å². The number of carbonyl (C=O) groups is 2. The Labute approximate surface area is 159 Å². The van der Waals surface area contributed by atoms with Gasteiger partial charge in [-0.25, -0.2) is 0 Å². The summed E-state index contributed by atoms with van der Waals surface area (Å²) in [5.41, 5.74) is 6.81. The minimum atomic E-state index is -0.819. The highest BCUT2D eigenvalue weighted by Gasteiger charge is 2.63. The van der Waals surface area contributed by atoms with Crippen LogP contribution in [0.5, 0.6) is 11.5 Å². The molecule has 1 saturated carbocycles. The highest BCUT2D eigenvalue weighted by molar-refractivity contribution is 5.93. The van der Waals surface area contributed by atoms with Crippen LogP contribution in [0.1, 0.15) is 31.4 Å². The summed E-state index contributed by atoms with van der Waals surface area (Å²) in [5.74, 6) is 0.252. The van der Waals surface area contributed by atoms with Crippen LogP contribution in [0.4, 0.5) is 0 Å². The topological polar surface area (TPSA) is 78.6 Å². The van der Waals surface area contributed by atoms with Crippen LogP contribution in [0.3, 0.4) is 0 Å². The standard InChI is InChI=1S/C22H25NO4/c1-3-15-5-9-17(10-6-15)27-18-11-7-16(8-12-18)13-22(21(25)26-4-2)14-19(22)20(23)24/h5-12,19H,3-4,13-14H2,1-2H3,(H2,23,24)/t19-,22+/m1/s1. The second-order valence-electron chi connectivity index (χ2n) is 6.96. The molecule has 3 rings (SSSR count). The van der Waals surface area contributed by atoms with Gasteiger partial charge in [0.15, 0.2) is 0 Å². The summed E-state index contributed by atoms with van der Waals surface area (Å²) in [5, 5.41) is 0. The molecule has 1 fully saturated rings. The van der Waals surface area contributed by atoms with E-state index < -0.39 is 17.2 Å². The van der Waals surface area contributed by atoms with Crippen molar-refractivity contribution >= 4 is 11.9 Å². The average molecular weight is 367 g/mol. The molecule has 0 radical (unpaired) electrons. The van der Waals surface area contributed by atoms with Gasteiger partial charge in [0.25, 0.3) is 0 Å². The summed E-state index contributed by atoms with van der Waals surface area (Å²) >= 11 is 0. The number of aryl methyl sites for hydroxylation is 1. The summed E-state index contributed by atoms with van der Waals surface area (Å²) in [6, 6.07) is 15.5. The van der Waals surface area contributed by atoms with Gasteiger partial charge in [0.2, 0.25) is 5.91 Å². The first-order valence-electron chi connectivity index (χ1n) is 9.30. The molecule has 1 aliphatic rings. The molecule has 0 saturated heterocycles. The van der Waals surface area contributed by atoms with Crippen molar-refractivity contribution in [1.29, 1.82) is 0 Å². The van der Waals surface area contributed by atoms with Crippen LogP contribution in [0.25, 0.3) is 0 Å². The van der Waals surface area contributed by atoms with Gasteiger partial charge in [-0.05, 0) is 61.6 Å². The van der Waals surface area contributed by atoms with Crippen molar-refractivity contribution < 1.29 is 19.1 Å². The molecule has 0 unspecified atom stereocenters. The van der Waals surface area contributed by atoms with Gasteiger partial charge in [0, 0.05) is 0 Å². The van der Waals surface area contributed by atoms with Crippen LogP contribution in [0.2, 0.25) is 0 Å². The molecule has 0 bridgehead atoms. The number of benzene rings is 2. The summed E-state index contributed by atoms with van der Waals surface area (Å²) in [6.45, 7) is 4.16. The smallest absolute Gasteiger partial charge is 0.313 e. The van der Waals surface area contributed by atoms with Crippen LogP contribution >= 0.6 is 0 Å². The Morgan fingerprint density at radius 1 is 1.00 bits per heavy atom. The molecule has 0 aliphatic heterocycles. The molecule has 1 aliphatic carbocycles. The molecule has 5 nitrogen and oxygen atoms in total. The van der Waals surface area contributed by atoms with E-state index in [2.05, 4.69) is 6.92 Å². The Morgan fingerprint density at radius 2 is 1.56 bits per heavy atom. The third-order valence-electron chi connectivity index (χ3n) is 5.11. The van der Waals surface area contributed by atoms with E-state index in [-0.39, 0.29) is 12.6 Å². The van der Waals surface area contributed by atoms with Gasteiger partial charge in [-0.15, -0.1) is 0 Å². The van der Waals surface area contributed by atoms with Gasteiger partial charge in [0.1, 0.15) is 11.5 Å². The zero-order valence-electron chi connectivity index (χ0n) is 15.7. The maximum atomic E-state index is 12.4. The lowest BCUT2D eigenvalue weighted by atomic mass is 9.93. The normalized spacial score (nSPS) is 20.7. The molecule has 2 N–H and O–H groups in total. The number of hydrogen-bond acceptors (Lipinski definition) is 4. The van der Waals surface area contributed by atoms with Crippen LogP contribution < -0.4 is 10.5 Å². The number of primary amides is 1. The van der Waals surface area contributed by atoms with E-state index in [1.165, 1.54) is 5.56 Å². The van der Waals surface area contributed by atoms with Crippen LogP contribution in [0.15, 0.2) is 48.5 Å². The molecule has 1 amide bonds. The molecule has 0 aromatic heterocycles. The summed E-state index contributed by atoms with van der Waals surface area (Å²) in [7, 11) is 0. The van der Waals surface area contributed by atoms with Crippen LogP contribution in [0, 0.1) is 11.3 Å². The second kappa shape index (κ2) is 7.82. The summed E-state index contributed by atoms with van der Waals surface area (Å²) in [4.78, 5) is 23.9. The van der Waals surface area contributed by atoms with Gasteiger partial charge in [-0.1, -0.05) is 31.2 Å². The van der Waals surface area contributed by atoms with E-state index in [1.807, 2.05) is 48.5 Å². The maximum Gasteiger partial charge on any atom is 0.313 e. The zero-order valence-corrected chi connectivity index (χ0v) is 15.7. The molecule has 5 heteroatoms. The second-order valence-corrected chi connectivity index (χ2v) is 6.96. The largest absolute Gasteiger partial charge is 0.466 e. The van der Waals surface area contributed by atoms with Gasteiger partial charge < -0.3 is 15.2 Å². The van der Waals surface area contributed by atoms with Crippen molar-refractivity contribution in [1.82, 2.24) is 0 Å². The Hall–Kier alpha value is -2.82. The molecule has 0 heterocycles. The Morgan fingerprint density at radius 3 is 2.00 bits per heavy atom. The molecule has 0 spiro atoms. The van der Waals surface area contributed by atoms with Crippen molar-refractivity contribution in [3.05, 3.63) is 59.7 Å². The quantitative estimate of drug-likeness (QED) is 0.723. The van der Waals surface area contributed by atoms with Crippen LogP contribution in [-0.4, -0.2) is 18.5 Å². The first-order valence-corrected chi connectivity index (χ1v) is 9.30. The fraction of sp³-hybridized carbons (Fsp3) is 0.364. The lowest BCUT2D eigenvalue weighted by Crippen LogP contribution is -2.28. The average Bonchev–Trinajstić information content (AvgIpc) is 3.40. The Bertz CT molecular complexity index is 813. The number of rotatable bonds is 8. The molecule has 2 aromatic rings. The number of esters is 1. The van der Waals surface area contributed by atoms with Gasteiger partial charge in [0.05, 0.1) is 17.9 Å². The summed E-state index contributed by atoms with van der Waals surface area (Å²) in [6.07, 6.45) is 1.87. The van der Waals surface area contributed by atoms with Gasteiger partial charge in [-0.2, -0.15) is 0 Å². The first kappa shape index (κ1) is 19.0. The highest BCUT2D eigenvalue weighted by Crippen LogP contribution is 2.55. The number of carbonyl (C=O) groups excluding carboxylic acids is 2. The minimum Gasteiger partial charge on any atom is -0.466 e. The van der Waals surface area contributed by atoms with E-state index in [1.54, 1.807) is 6.92 Å². The summed E-state index contributed by atoms with van der Waals surface area (Å²) < 4.78 is 11.0. The molecule has 2 atom stereocenters. The minimum absolute atomic E-state index is 0.287. The van der Waals surface area contributed by atoms with Gasteiger partial charge >= 0.3 is 5.97 Å². The van der Waals surface area contributed by atoms with E-state index in [4.69, 9.17) is 15.2 Å². The number of ether oxygens (including phenoxy) is 2. The molecular weight excluding hydrogens is 342 g/mol. The zero-order chi connectivity index (χ0) is 19.4. The first-order chi connectivity index (χ1) is 13.0. The number of nitrogens with two attached hydrogens (primary N) is 1. The monoisotopic (exact) mass is 367 g/mol. The maximum absolute atomic E-state index is 12.4. The Balaban J connectivity index is 1.69. The van der Waals surface area contributed by atoms with E-state index in [0.29, 0.717) is 12.8 Å². The Kier molecular flexibility index (Phi) is 5.49. The fourth-order valence-corrected chi connectivity index (χ4v) is 3.42. The van der Waals surface area contributed by atoms with Crippen molar-refractivity contribution in [3.8, 4) is 11.5 Å².